The summed E-state index contributed by atoms with van der Waals surface area (Å²) in [5.74, 6) is -0.0122. The van der Waals surface area contributed by atoms with Crippen molar-refractivity contribution in [2.45, 2.75) is 13.5 Å². The van der Waals surface area contributed by atoms with Gasteiger partial charge >= 0.3 is 0 Å². The highest BCUT2D eigenvalue weighted by Crippen LogP contribution is 2.34. The molecule has 1 N–H and O–H groups in total. The average molecular weight is 480 g/mol. The maximum absolute atomic E-state index is 13.2. The molecule has 174 valence electrons. The van der Waals surface area contributed by atoms with Crippen molar-refractivity contribution in [2.75, 3.05) is 36.5 Å². The van der Waals surface area contributed by atoms with E-state index in [1.54, 1.807) is 36.4 Å². The van der Waals surface area contributed by atoms with Crippen LogP contribution in [0.3, 0.4) is 0 Å². The van der Waals surface area contributed by atoms with Gasteiger partial charge in [0.1, 0.15) is 12.2 Å². The molecule has 1 fully saturated rings. The van der Waals surface area contributed by atoms with Crippen molar-refractivity contribution in [3.63, 3.8) is 0 Å². The Hall–Kier alpha value is -3.83. The number of furan rings is 1. The molecule has 1 aliphatic heterocycles. The van der Waals surface area contributed by atoms with E-state index in [9.17, 15) is 14.4 Å². The Kier molecular flexibility index (Phi) is 5.95. The summed E-state index contributed by atoms with van der Waals surface area (Å²) in [7, 11) is 0. The van der Waals surface area contributed by atoms with Gasteiger partial charge in [-0.2, -0.15) is 5.10 Å². The number of ketones is 1. The summed E-state index contributed by atoms with van der Waals surface area (Å²) in [6.45, 7) is 3.72. The van der Waals surface area contributed by atoms with Gasteiger partial charge in [-0.3, -0.25) is 14.4 Å². The highest BCUT2D eigenvalue weighted by molar-refractivity contribution is 7.22. The van der Waals surface area contributed by atoms with Crippen molar-refractivity contribution >= 4 is 44.1 Å². The predicted octanol–water partition coefficient (Wildman–Crippen LogP) is 2.79. The maximum Gasteiger partial charge on any atom is 0.294 e. The zero-order valence-corrected chi connectivity index (χ0v) is 19.1. The second kappa shape index (κ2) is 9.20. The number of Topliss-reactive ketones (excluding diaryl/α,β-unsaturated/α-hetero) is 1. The standard InChI is InChI=1S/C23H21N5O5S/c1-14(29)15-4-6-16(7-5-15)24-18(30)13-28-22(31)20-21(19(26-28)17-3-2-10-33-17)34-23(25-20)27-8-11-32-12-9-27/h2-7,10H,8-9,11-13H2,1H3,(H,24,30). The van der Waals surface area contributed by atoms with E-state index in [2.05, 4.69) is 20.3 Å². The summed E-state index contributed by atoms with van der Waals surface area (Å²) in [5, 5.41) is 7.89. The molecule has 3 aromatic heterocycles. The fraction of sp³-hybridized carbons (Fsp3) is 0.261. The van der Waals surface area contributed by atoms with Crippen molar-refractivity contribution < 1.29 is 18.7 Å². The van der Waals surface area contributed by atoms with Crippen LogP contribution in [0, 0.1) is 0 Å². The number of aromatic nitrogens is 3. The van der Waals surface area contributed by atoms with Crippen molar-refractivity contribution in [1.29, 1.82) is 0 Å². The third kappa shape index (κ3) is 4.35. The number of hydrogen-bond acceptors (Lipinski definition) is 9. The topological polar surface area (TPSA) is 120 Å². The Morgan fingerprint density at radius 3 is 2.59 bits per heavy atom. The number of anilines is 2. The van der Waals surface area contributed by atoms with Gasteiger partial charge in [-0.05, 0) is 43.3 Å². The Labute approximate surface area is 197 Å². The summed E-state index contributed by atoms with van der Waals surface area (Å²) in [6, 6.07) is 10.0. The van der Waals surface area contributed by atoms with E-state index in [1.807, 2.05) is 0 Å². The number of carbonyl (C=O) groups excluding carboxylic acids is 2. The Morgan fingerprint density at radius 1 is 1.15 bits per heavy atom. The first-order valence-corrected chi connectivity index (χ1v) is 11.5. The van der Waals surface area contributed by atoms with Crippen LogP contribution in [0.5, 0.6) is 0 Å². The lowest BCUT2D eigenvalue weighted by Crippen LogP contribution is -2.36. The van der Waals surface area contributed by atoms with E-state index in [1.165, 1.54) is 24.5 Å². The number of fused-ring (bicyclic) bond motifs is 1. The van der Waals surface area contributed by atoms with Gasteiger partial charge in [0.25, 0.3) is 5.56 Å². The van der Waals surface area contributed by atoms with Crippen LogP contribution in [-0.4, -0.2) is 52.8 Å². The molecule has 0 unspecified atom stereocenters. The molecule has 0 aliphatic carbocycles. The molecule has 5 rings (SSSR count). The molecule has 0 radical (unpaired) electrons. The Morgan fingerprint density at radius 2 is 1.91 bits per heavy atom. The molecule has 4 aromatic rings. The SMILES string of the molecule is CC(=O)c1ccc(NC(=O)Cn2nc(-c3ccco3)c3sc(N4CCOCC4)nc3c2=O)cc1. The van der Waals surface area contributed by atoms with Crippen LogP contribution >= 0.6 is 11.3 Å². The van der Waals surface area contributed by atoms with Crippen molar-refractivity contribution in [3.8, 4) is 11.5 Å². The number of benzene rings is 1. The van der Waals surface area contributed by atoms with Crippen molar-refractivity contribution in [3.05, 3.63) is 58.6 Å². The van der Waals surface area contributed by atoms with Crippen LogP contribution in [0.2, 0.25) is 0 Å². The minimum absolute atomic E-state index is 0.0629. The largest absolute Gasteiger partial charge is 0.463 e. The van der Waals surface area contributed by atoms with Gasteiger partial charge in [-0.1, -0.05) is 11.3 Å². The molecule has 10 nitrogen and oxygen atoms in total. The zero-order valence-electron chi connectivity index (χ0n) is 18.3. The molecule has 1 amide bonds. The Bertz CT molecular complexity index is 1400. The molecule has 1 aromatic carbocycles. The number of carbonyl (C=O) groups is 2. The lowest BCUT2D eigenvalue weighted by Gasteiger charge is -2.25. The summed E-state index contributed by atoms with van der Waals surface area (Å²) in [4.78, 5) is 44.0. The highest BCUT2D eigenvalue weighted by Gasteiger charge is 2.23. The van der Waals surface area contributed by atoms with Crippen LogP contribution in [0.4, 0.5) is 10.8 Å². The molecule has 1 saturated heterocycles. The quantitative estimate of drug-likeness (QED) is 0.419. The van der Waals surface area contributed by atoms with E-state index in [0.717, 1.165) is 4.68 Å². The fourth-order valence-corrected chi connectivity index (χ4v) is 4.74. The molecule has 11 heteroatoms. The van der Waals surface area contributed by atoms with Gasteiger partial charge in [0.2, 0.25) is 5.91 Å². The third-order valence-corrected chi connectivity index (χ3v) is 6.52. The number of amides is 1. The van der Waals surface area contributed by atoms with E-state index in [-0.39, 0.29) is 17.8 Å². The van der Waals surface area contributed by atoms with Gasteiger partial charge in [-0.15, -0.1) is 0 Å². The minimum Gasteiger partial charge on any atom is -0.463 e. The summed E-state index contributed by atoms with van der Waals surface area (Å²) < 4.78 is 12.7. The first-order valence-electron chi connectivity index (χ1n) is 10.7. The molecule has 0 bridgehead atoms. The second-order valence-corrected chi connectivity index (χ2v) is 8.72. The summed E-state index contributed by atoms with van der Waals surface area (Å²) >= 11 is 1.37. The van der Waals surface area contributed by atoms with Crippen molar-refractivity contribution in [1.82, 2.24) is 14.8 Å². The first-order chi connectivity index (χ1) is 16.5. The normalized spacial score (nSPS) is 13.9. The van der Waals surface area contributed by atoms with E-state index >= 15 is 0 Å². The molecule has 0 saturated carbocycles. The number of nitrogens with one attached hydrogen (secondary N) is 1. The minimum atomic E-state index is -0.455. The van der Waals surface area contributed by atoms with Crippen LogP contribution in [0.1, 0.15) is 17.3 Å². The van der Waals surface area contributed by atoms with Crippen LogP contribution in [-0.2, 0) is 16.1 Å². The second-order valence-electron chi connectivity index (χ2n) is 7.74. The van der Waals surface area contributed by atoms with Gasteiger partial charge in [0.05, 0.1) is 24.2 Å². The number of morpholine rings is 1. The molecule has 34 heavy (non-hydrogen) atoms. The van der Waals surface area contributed by atoms with Gasteiger partial charge in [0.15, 0.2) is 22.2 Å². The fourth-order valence-electron chi connectivity index (χ4n) is 3.64. The molecule has 1 aliphatic rings. The number of ether oxygens (including phenoxy) is 1. The van der Waals surface area contributed by atoms with E-state index in [0.29, 0.717) is 58.8 Å². The molecule has 0 spiro atoms. The van der Waals surface area contributed by atoms with E-state index < -0.39 is 11.5 Å². The predicted molar refractivity (Wildman–Crippen MR) is 127 cm³/mol. The lowest BCUT2D eigenvalue weighted by molar-refractivity contribution is -0.117. The highest BCUT2D eigenvalue weighted by atomic mass is 32.1. The third-order valence-electron chi connectivity index (χ3n) is 5.39. The van der Waals surface area contributed by atoms with Crippen LogP contribution in [0.15, 0.2) is 51.9 Å². The maximum atomic E-state index is 13.2. The van der Waals surface area contributed by atoms with Gasteiger partial charge in [0, 0.05) is 24.3 Å². The molecular formula is C23H21N5O5S. The number of thiazole rings is 1. The van der Waals surface area contributed by atoms with Crippen LogP contribution < -0.4 is 15.8 Å². The average Bonchev–Trinajstić information content (AvgIpc) is 3.53. The summed E-state index contributed by atoms with van der Waals surface area (Å²) in [5.41, 5.74) is 1.30. The van der Waals surface area contributed by atoms with E-state index in [4.69, 9.17) is 9.15 Å². The monoisotopic (exact) mass is 479 g/mol. The zero-order chi connectivity index (χ0) is 23.7. The molecule has 4 heterocycles. The van der Waals surface area contributed by atoms with Gasteiger partial charge < -0.3 is 19.4 Å². The lowest BCUT2D eigenvalue weighted by atomic mass is 10.1. The Balaban J connectivity index is 1.48. The molecular weight excluding hydrogens is 458 g/mol. The summed E-state index contributed by atoms with van der Waals surface area (Å²) in [6.07, 6.45) is 1.53. The van der Waals surface area contributed by atoms with Crippen molar-refractivity contribution in [2.24, 2.45) is 0 Å². The number of rotatable bonds is 6. The smallest absolute Gasteiger partial charge is 0.294 e. The first kappa shape index (κ1) is 22.0. The number of hydrogen-bond donors (Lipinski definition) is 1. The molecule has 0 atom stereocenters. The van der Waals surface area contributed by atoms with Crippen LogP contribution in [0.25, 0.3) is 21.7 Å². The van der Waals surface area contributed by atoms with Gasteiger partial charge in [-0.25, -0.2) is 9.67 Å². The number of nitrogens with zero attached hydrogens (tertiary/aromatic N) is 4.